The molecule has 11 atom stereocenters. The van der Waals surface area contributed by atoms with Crippen LogP contribution in [0.4, 0.5) is 4.79 Å². The topological polar surface area (TPSA) is 100 Å². The molecule has 2 spiro atoms. The van der Waals surface area contributed by atoms with Gasteiger partial charge in [-0.1, -0.05) is 41.0 Å². The van der Waals surface area contributed by atoms with Crippen molar-refractivity contribution in [3.8, 4) is 12.8 Å². The predicted octanol–water partition coefficient (Wildman–Crippen LogP) is 6.30. The minimum absolute atomic E-state index is 0.0379. The summed E-state index contributed by atoms with van der Waals surface area (Å²) in [6.45, 7) is 20.4. The van der Waals surface area contributed by atoms with Crippen molar-refractivity contribution in [3.63, 3.8) is 0 Å². The number of hydrogen-bond donors (Lipinski definition) is 4. The van der Waals surface area contributed by atoms with Gasteiger partial charge in [-0.3, -0.25) is 0 Å². The summed E-state index contributed by atoms with van der Waals surface area (Å²) in [5, 5.41) is 28.6. The molecule has 1 saturated heterocycles. The lowest BCUT2D eigenvalue weighted by atomic mass is 9.42. The third kappa shape index (κ3) is 5.01. The minimum Gasteiger partial charge on any atom is -0.446 e. The van der Waals surface area contributed by atoms with Crippen molar-refractivity contribution in [2.24, 2.45) is 50.7 Å². The lowest BCUT2D eigenvalue weighted by molar-refractivity contribution is -0.160. The molecule has 1 amide bonds. The van der Waals surface area contributed by atoms with Gasteiger partial charge in [0.05, 0.1) is 23.9 Å². The van der Waals surface area contributed by atoms with Crippen LogP contribution in [0.15, 0.2) is 0 Å². The first kappa shape index (κ1) is 35.0. The second-order valence-electron chi connectivity index (χ2n) is 17.5. The molecule has 6 fully saturated rings. The molecule has 6 rings (SSSR count). The number of ether oxygens (including phenoxy) is 2. The normalized spacial score (nSPS) is 45.2. The molecule has 1 aliphatic heterocycles. The van der Waals surface area contributed by atoms with Crippen LogP contribution in [0.3, 0.4) is 0 Å². The second kappa shape index (κ2) is 12.0. The van der Waals surface area contributed by atoms with Gasteiger partial charge in [0.2, 0.25) is 0 Å². The Morgan fingerprint density at radius 2 is 1.67 bits per heavy atom. The van der Waals surface area contributed by atoms with Crippen molar-refractivity contribution in [3.05, 3.63) is 0 Å². The summed E-state index contributed by atoms with van der Waals surface area (Å²) in [5.74, 6) is 2.19. The SMILES string of the molecule is C#C.CCO[C@@H](CCCC1[C@H](O)C[C@@]2(C)[C@@H]3CCC4C(C)(C)[C@@H](OC(=O)NC5CNC5)CCC45[C@@H](C)[C@@]35CC[C@]12C)C(C)(C)O. The van der Waals surface area contributed by atoms with Gasteiger partial charge in [-0.2, -0.15) is 0 Å². The Morgan fingerprint density at radius 1 is 1.02 bits per heavy atom. The van der Waals surface area contributed by atoms with Crippen molar-refractivity contribution < 1.29 is 24.5 Å². The van der Waals surface area contributed by atoms with Crippen LogP contribution >= 0.6 is 0 Å². The largest absolute Gasteiger partial charge is 0.446 e. The van der Waals surface area contributed by atoms with Gasteiger partial charge in [0.15, 0.2) is 0 Å². The first-order chi connectivity index (χ1) is 21.1. The standard InChI is InChI=1S/C36H62N2O5.C2H2/c1-9-42-29(32(5,6)41)12-10-11-24-25(39)19-34(8)27-14-13-26-31(3,4)28(43-30(40)38-23-20-37-21-23)15-16-35(26)22(2)36(27,35)18-17-33(24,34)7;1-2/h22-29,37,39,41H,9-21H2,1-8H3,(H,38,40);1-2H/t22-,24?,25-,26?,27+,28+,29+,33-,34+,35?,36+;/m1./s1. The van der Waals surface area contributed by atoms with Crippen molar-refractivity contribution >= 4 is 6.09 Å². The molecule has 5 saturated carbocycles. The number of fused-ring (bicyclic) bond motifs is 2. The van der Waals surface area contributed by atoms with Gasteiger partial charge >= 0.3 is 6.09 Å². The van der Waals surface area contributed by atoms with Gasteiger partial charge in [0, 0.05) is 25.1 Å². The Labute approximate surface area is 273 Å². The van der Waals surface area contributed by atoms with Crippen molar-refractivity contribution in [1.82, 2.24) is 10.6 Å². The molecule has 7 nitrogen and oxygen atoms in total. The molecular weight excluding hydrogens is 564 g/mol. The number of amides is 1. The van der Waals surface area contributed by atoms with E-state index in [1.165, 1.54) is 25.7 Å². The molecule has 0 aromatic heterocycles. The summed E-state index contributed by atoms with van der Waals surface area (Å²) in [4.78, 5) is 12.8. The second-order valence-corrected chi connectivity index (χ2v) is 17.5. The van der Waals surface area contributed by atoms with Crippen LogP contribution < -0.4 is 10.6 Å². The zero-order chi connectivity index (χ0) is 33.2. The maximum Gasteiger partial charge on any atom is 0.407 e. The Bertz CT molecular complexity index is 1110. The average Bonchev–Trinajstić information content (AvgIpc) is 3.40. The van der Waals surface area contributed by atoms with E-state index in [9.17, 15) is 15.0 Å². The van der Waals surface area contributed by atoms with Gasteiger partial charge in [-0.25, -0.2) is 4.79 Å². The van der Waals surface area contributed by atoms with E-state index in [0.717, 1.165) is 51.6 Å². The summed E-state index contributed by atoms with van der Waals surface area (Å²) in [5.41, 5.74) is 0.0266. The van der Waals surface area contributed by atoms with E-state index in [2.05, 4.69) is 58.1 Å². The van der Waals surface area contributed by atoms with Gasteiger partial charge in [-0.05, 0) is 124 Å². The molecule has 5 aliphatic carbocycles. The third-order valence-electron chi connectivity index (χ3n) is 15.4. The fourth-order valence-corrected chi connectivity index (χ4v) is 13.1. The molecule has 1 heterocycles. The number of hydrogen-bond acceptors (Lipinski definition) is 6. The first-order valence-corrected chi connectivity index (χ1v) is 18.1. The van der Waals surface area contributed by atoms with Gasteiger partial charge < -0.3 is 30.3 Å². The smallest absolute Gasteiger partial charge is 0.407 e. The molecule has 45 heavy (non-hydrogen) atoms. The highest BCUT2D eigenvalue weighted by Gasteiger charge is 2.86. The van der Waals surface area contributed by atoms with Crippen LogP contribution in [0.25, 0.3) is 0 Å². The van der Waals surface area contributed by atoms with Gasteiger partial charge in [-0.15, -0.1) is 12.8 Å². The van der Waals surface area contributed by atoms with E-state index < -0.39 is 5.60 Å². The van der Waals surface area contributed by atoms with Crippen LogP contribution in [-0.4, -0.2) is 66.0 Å². The van der Waals surface area contributed by atoms with E-state index in [1.54, 1.807) is 0 Å². The maximum atomic E-state index is 12.8. The van der Waals surface area contributed by atoms with Crippen LogP contribution in [0.1, 0.15) is 120 Å². The number of carbonyl (C=O) groups excluding carboxylic acids is 1. The first-order valence-electron chi connectivity index (χ1n) is 18.1. The lowest BCUT2D eigenvalue weighted by Gasteiger charge is -2.63. The van der Waals surface area contributed by atoms with E-state index in [-0.39, 0.29) is 46.7 Å². The zero-order valence-corrected chi connectivity index (χ0v) is 29.6. The number of carbonyl (C=O) groups is 1. The predicted molar refractivity (Wildman–Crippen MR) is 178 cm³/mol. The van der Waals surface area contributed by atoms with Gasteiger partial charge in [0.1, 0.15) is 6.10 Å². The summed E-state index contributed by atoms with van der Waals surface area (Å²) >= 11 is 0. The summed E-state index contributed by atoms with van der Waals surface area (Å²) < 4.78 is 12.1. The van der Waals surface area contributed by atoms with Crippen molar-refractivity contribution in [2.75, 3.05) is 19.7 Å². The molecule has 0 aromatic rings. The number of rotatable bonds is 9. The van der Waals surface area contributed by atoms with Crippen LogP contribution in [-0.2, 0) is 9.47 Å². The molecular formula is C38H64N2O5. The Kier molecular flexibility index (Phi) is 9.31. The van der Waals surface area contributed by atoms with Crippen LogP contribution in [0.5, 0.6) is 0 Å². The molecule has 7 heteroatoms. The van der Waals surface area contributed by atoms with E-state index in [0.29, 0.717) is 41.1 Å². The van der Waals surface area contributed by atoms with E-state index >= 15 is 0 Å². The van der Waals surface area contributed by atoms with E-state index in [1.807, 2.05) is 20.8 Å². The maximum absolute atomic E-state index is 12.8. The number of alkyl carbamates (subject to hydrolysis) is 1. The number of aliphatic hydroxyl groups is 2. The average molecular weight is 629 g/mol. The van der Waals surface area contributed by atoms with Crippen LogP contribution in [0.2, 0.25) is 0 Å². The Morgan fingerprint density at radius 3 is 2.27 bits per heavy atom. The lowest BCUT2D eigenvalue weighted by Crippen LogP contribution is -2.59. The minimum atomic E-state index is -0.856. The highest BCUT2D eigenvalue weighted by atomic mass is 16.6. The zero-order valence-electron chi connectivity index (χ0n) is 29.6. The van der Waals surface area contributed by atoms with Crippen molar-refractivity contribution in [1.29, 1.82) is 0 Å². The monoisotopic (exact) mass is 628 g/mol. The fraction of sp³-hybridized carbons (Fsp3) is 0.921. The van der Waals surface area contributed by atoms with Crippen LogP contribution in [0, 0.1) is 63.6 Å². The molecule has 6 aliphatic rings. The number of aliphatic hydroxyl groups excluding tert-OH is 1. The molecule has 256 valence electrons. The fourth-order valence-electron chi connectivity index (χ4n) is 13.1. The number of terminal acetylenes is 1. The van der Waals surface area contributed by atoms with E-state index in [4.69, 9.17) is 9.47 Å². The molecule has 4 N–H and O–H groups in total. The highest BCUT2D eigenvalue weighted by molar-refractivity contribution is 5.68. The molecule has 3 unspecified atom stereocenters. The molecule has 0 bridgehead atoms. The Hall–Kier alpha value is -1.33. The van der Waals surface area contributed by atoms with Crippen molar-refractivity contribution in [2.45, 2.75) is 150 Å². The number of nitrogens with one attached hydrogen (secondary N) is 2. The summed E-state index contributed by atoms with van der Waals surface area (Å²) in [7, 11) is 0. The third-order valence-corrected chi connectivity index (χ3v) is 15.4. The molecule has 0 radical (unpaired) electrons. The molecule has 0 aromatic carbocycles. The highest BCUT2D eigenvalue weighted by Crippen LogP contribution is 2.91. The Balaban J connectivity index is 0.00000196. The summed E-state index contributed by atoms with van der Waals surface area (Å²) in [6.07, 6.45) is 18.0. The van der Waals surface area contributed by atoms with Gasteiger partial charge in [0.25, 0.3) is 0 Å². The quantitative estimate of drug-likeness (QED) is 0.224. The summed E-state index contributed by atoms with van der Waals surface area (Å²) in [6, 6.07) is 0.197.